The molecular formula is C8H17F3IN3. The first-order valence-electron chi connectivity index (χ1n) is 4.44. The molecule has 0 bridgehead atoms. The Morgan fingerprint density at radius 3 is 2.27 bits per heavy atom. The van der Waals surface area contributed by atoms with Gasteiger partial charge in [-0.05, 0) is 12.8 Å². The molecule has 0 spiro atoms. The van der Waals surface area contributed by atoms with Crippen LogP contribution in [0.15, 0.2) is 4.99 Å². The number of hydrogen-bond donors (Lipinski definition) is 2. The summed E-state index contributed by atoms with van der Waals surface area (Å²) in [4.78, 5) is 3.83. The van der Waals surface area contributed by atoms with Crippen molar-refractivity contribution in [3.05, 3.63) is 0 Å². The topological polar surface area (TPSA) is 36.4 Å². The van der Waals surface area contributed by atoms with E-state index in [4.69, 9.17) is 0 Å². The summed E-state index contributed by atoms with van der Waals surface area (Å²) in [7, 11) is 3.31. The van der Waals surface area contributed by atoms with E-state index in [0.29, 0.717) is 18.9 Å². The van der Waals surface area contributed by atoms with Gasteiger partial charge in [-0.2, -0.15) is 13.2 Å². The van der Waals surface area contributed by atoms with Gasteiger partial charge in [0.05, 0.1) is 0 Å². The average molecular weight is 339 g/mol. The quantitative estimate of drug-likeness (QED) is 0.356. The van der Waals surface area contributed by atoms with Crippen LogP contribution in [0.5, 0.6) is 0 Å². The lowest BCUT2D eigenvalue weighted by Gasteiger charge is -2.09. The smallest absolute Gasteiger partial charge is 0.359 e. The summed E-state index contributed by atoms with van der Waals surface area (Å²) in [5.74, 6) is 0.594. The standard InChI is InChI=1S/C8H16F3N3.HI/c1-12-7(13-2)14-6-4-3-5-8(9,10)11;/h3-6H2,1-2H3,(H2,12,13,14);1H. The van der Waals surface area contributed by atoms with E-state index in [1.807, 2.05) is 0 Å². The Labute approximate surface area is 105 Å². The van der Waals surface area contributed by atoms with Crippen LogP contribution in [0.4, 0.5) is 13.2 Å². The third kappa shape index (κ3) is 11.7. The molecule has 0 aromatic rings. The van der Waals surface area contributed by atoms with Gasteiger partial charge in [0.1, 0.15) is 0 Å². The van der Waals surface area contributed by atoms with Crippen LogP contribution < -0.4 is 10.6 Å². The molecule has 0 aliphatic heterocycles. The molecule has 0 amide bonds. The summed E-state index contributed by atoms with van der Waals surface area (Å²) < 4.78 is 35.2. The second kappa shape index (κ2) is 9.05. The van der Waals surface area contributed by atoms with Crippen LogP contribution in [0.2, 0.25) is 0 Å². The monoisotopic (exact) mass is 339 g/mol. The zero-order valence-corrected chi connectivity index (χ0v) is 11.1. The number of hydrogen-bond acceptors (Lipinski definition) is 1. The van der Waals surface area contributed by atoms with Crippen molar-refractivity contribution in [2.24, 2.45) is 4.99 Å². The minimum absolute atomic E-state index is 0. The second-order valence-corrected chi connectivity index (χ2v) is 2.82. The fourth-order valence-corrected chi connectivity index (χ4v) is 0.936. The van der Waals surface area contributed by atoms with E-state index in [9.17, 15) is 13.2 Å². The first-order chi connectivity index (χ1) is 6.49. The molecule has 0 aliphatic carbocycles. The van der Waals surface area contributed by atoms with E-state index >= 15 is 0 Å². The lowest BCUT2D eigenvalue weighted by molar-refractivity contribution is -0.135. The summed E-state index contributed by atoms with van der Waals surface area (Å²) in [6.45, 7) is 0.504. The van der Waals surface area contributed by atoms with Gasteiger partial charge in [-0.3, -0.25) is 4.99 Å². The van der Waals surface area contributed by atoms with E-state index in [-0.39, 0.29) is 30.4 Å². The third-order valence-corrected chi connectivity index (χ3v) is 1.64. The number of rotatable bonds is 4. The average Bonchev–Trinajstić information content (AvgIpc) is 2.09. The fraction of sp³-hybridized carbons (Fsp3) is 0.875. The highest BCUT2D eigenvalue weighted by Gasteiger charge is 2.25. The van der Waals surface area contributed by atoms with Gasteiger partial charge >= 0.3 is 6.18 Å². The van der Waals surface area contributed by atoms with Crippen LogP contribution in [0, 0.1) is 0 Å². The molecule has 0 atom stereocenters. The highest BCUT2D eigenvalue weighted by atomic mass is 127. The van der Waals surface area contributed by atoms with Crippen LogP contribution in [-0.4, -0.2) is 32.8 Å². The van der Waals surface area contributed by atoms with Gasteiger partial charge < -0.3 is 10.6 Å². The van der Waals surface area contributed by atoms with Gasteiger partial charge in [-0.25, -0.2) is 0 Å². The zero-order chi connectivity index (χ0) is 11.0. The Hall–Kier alpha value is -0.210. The molecule has 0 saturated carbocycles. The van der Waals surface area contributed by atoms with Crippen molar-refractivity contribution in [1.29, 1.82) is 0 Å². The molecule has 3 nitrogen and oxygen atoms in total. The maximum atomic E-state index is 11.7. The Bertz CT molecular complexity index is 182. The molecule has 0 rings (SSSR count). The van der Waals surface area contributed by atoms with Crippen LogP contribution in [0.1, 0.15) is 19.3 Å². The van der Waals surface area contributed by atoms with Crippen molar-refractivity contribution in [1.82, 2.24) is 10.6 Å². The molecule has 92 valence electrons. The number of nitrogens with zero attached hydrogens (tertiary/aromatic N) is 1. The van der Waals surface area contributed by atoms with E-state index in [1.165, 1.54) is 0 Å². The third-order valence-electron chi connectivity index (χ3n) is 1.64. The van der Waals surface area contributed by atoms with E-state index in [1.54, 1.807) is 14.1 Å². The highest BCUT2D eigenvalue weighted by Crippen LogP contribution is 2.21. The number of halogens is 4. The van der Waals surface area contributed by atoms with Crippen LogP contribution in [0.25, 0.3) is 0 Å². The minimum atomic E-state index is -4.04. The van der Waals surface area contributed by atoms with Gasteiger partial charge in [0.15, 0.2) is 5.96 Å². The molecule has 0 aromatic carbocycles. The predicted molar refractivity (Wildman–Crippen MR) is 65.7 cm³/mol. The Balaban J connectivity index is 0. The van der Waals surface area contributed by atoms with Crippen LogP contribution >= 0.6 is 24.0 Å². The molecule has 0 aromatic heterocycles. The molecule has 7 heteroatoms. The highest BCUT2D eigenvalue weighted by molar-refractivity contribution is 14.0. The van der Waals surface area contributed by atoms with Gasteiger partial charge in [0, 0.05) is 27.1 Å². The second-order valence-electron chi connectivity index (χ2n) is 2.82. The fourth-order valence-electron chi connectivity index (χ4n) is 0.936. The maximum absolute atomic E-state index is 11.7. The van der Waals surface area contributed by atoms with Crippen molar-refractivity contribution in [2.45, 2.75) is 25.4 Å². The number of aliphatic imine (C=N–C) groups is 1. The summed E-state index contributed by atoms with van der Waals surface area (Å²) in [6, 6.07) is 0. The Morgan fingerprint density at radius 1 is 1.27 bits per heavy atom. The molecule has 2 N–H and O–H groups in total. The number of unbranched alkanes of at least 4 members (excludes halogenated alkanes) is 1. The minimum Gasteiger partial charge on any atom is -0.359 e. The van der Waals surface area contributed by atoms with Crippen LogP contribution in [0.3, 0.4) is 0 Å². The van der Waals surface area contributed by atoms with Crippen molar-refractivity contribution >= 4 is 29.9 Å². The van der Waals surface area contributed by atoms with E-state index in [0.717, 1.165) is 0 Å². The van der Waals surface area contributed by atoms with E-state index < -0.39 is 12.6 Å². The zero-order valence-electron chi connectivity index (χ0n) is 8.82. The van der Waals surface area contributed by atoms with Crippen molar-refractivity contribution in [2.75, 3.05) is 20.6 Å². The lowest BCUT2D eigenvalue weighted by Crippen LogP contribution is -2.35. The predicted octanol–water partition coefficient (Wildman–Crippen LogP) is 2.13. The molecule has 15 heavy (non-hydrogen) atoms. The van der Waals surface area contributed by atoms with Crippen LogP contribution in [-0.2, 0) is 0 Å². The Morgan fingerprint density at radius 2 is 1.87 bits per heavy atom. The van der Waals surface area contributed by atoms with Gasteiger partial charge in [0.25, 0.3) is 0 Å². The van der Waals surface area contributed by atoms with E-state index in [2.05, 4.69) is 15.6 Å². The SMILES string of the molecule is CN=C(NC)NCCCCC(F)(F)F.I. The van der Waals surface area contributed by atoms with Crippen molar-refractivity contribution in [3.63, 3.8) is 0 Å². The lowest BCUT2D eigenvalue weighted by atomic mass is 10.2. The summed E-state index contributed by atoms with van der Waals surface area (Å²) in [6.07, 6.45) is -4.12. The molecule has 0 saturated heterocycles. The molecular weight excluding hydrogens is 322 g/mol. The summed E-state index contributed by atoms with van der Waals surface area (Å²) in [5.41, 5.74) is 0. The maximum Gasteiger partial charge on any atom is 0.389 e. The van der Waals surface area contributed by atoms with Crippen molar-refractivity contribution in [3.8, 4) is 0 Å². The van der Waals surface area contributed by atoms with Crippen molar-refractivity contribution < 1.29 is 13.2 Å². The number of guanidine groups is 1. The van der Waals surface area contributed by atoms with Gasteiger partial charge in [-0.1, -0.05) is 0 Å². The van der Waals surface area contributed by atoms with Gasteiger partial charge in [-0.15, -0.1) is 24.0 Å². The molecule has 0 unspecified atom stereocenters. The molecule has 0 fully saturated rings. The molecule has 0 radical (unpaired) electrons. The van der Waals surface area contributed by atoms with Gasteiger partial charge in [0.2, 0.25) is 0 Å². The first kappa shape index (κ1) is 17.2. The summed E-state index contributed by atoms with van der Waals surface area (Å²) in [5, 5.41) is 5.65. The Kier molecular flexibility index (Phi) is 10.4. The number of alkyl halides is 3. The largest absolute Gasteiger partial charge is 0.389 e. The summed E-state index contributed by atoms with van der Waals surface area (Å²) >= 11 is 0. The number of nitrogens with one attached hydrogen (secondary N) is 2. The molecule has 0 aliphatic rings. The first-order valence-corrected chi connectivity index (χ1v) is 4.44. The normalized spacial score (nSPS) is 11.9. The molecule has 0 heterocycles.